The summed E-state index contributed by atoms with van der Waals surface area (Å²) < 4.78 is 5.04. The lowest BCUT2D eigenvalue weighted by Crippen LogP contribution is -2.41. The average Bonchev–Trinajstić information content (AvgIpc) is 2.21. The van der Waals surface area contributed by atoms with Gasteiger partial charge in [-0.05, 0) is 26.2 Å². The Morgan fingerprint density at radius 1 is 1.29 bits per heavy atom. The van der Waals surface area contributed by atoms with E-state index in [0.29, 0.717) is 12.6 Å². The van der Waals surface area contributed by atoms with Crippen molar-refractivity contribution in [2.75, 3.05) is 6.61 Å². The van der Waals surface area contributed by atoms with Crippen LogP contribution in [0.5, 0.6) is 0 Å². The van der Waals surface area contributed by atoms with Crippen LogP contribution in [0.4, 0.5) is 0 Å². The van der Waals surface area contributed by atoms with Gasteiger partial charge in [0.25, 0.3) is 0 Å². The van der Waals surface area contributed by atoms with Crippen molar-refractivity contribution in [1.29, 1.82) is 0 Å². The Morgan fingerprint density at radius 3 is 2.29 bits per heavy atom. The van der Waals surface area contributed by atoms with Crippen LogP contribution in [0.1, 0.15) is 47.0 Å². The summed E-state index contributed by atoms with van der Waals surface area (Å²) in [5.74, 6) is -0.140. The minimum Gasteiger partial charge on any atom is -0.465 e. The molecule has 0 fully saturated rings. The molecule has 0 saturated heterocycles. The Hall–Kier alpha value is -0.570. The summed E-state index contributed by atoms with van der Waals surface area (Å²) in [6.07, 6.45) is 2.97. The fourth-order valence-electron chi connectivity index (χ4n) is 1.27. The molecule has 0 aromatic carbocycles. The Labute approximate surface area is 87.2 Å². The molecule has 3 nitrogen and oxygen atoms in total. The summed E-state index contributed by atoms with van der Waals surface area (Å²) in [5.41, 5.74) is 0. The summed E-state index contributed by atoms with van der Waals surface area (Å²) in [4.78, 5) is 11.4. The number of ether oxygens (including phenoxy) is 1. The Bertz CT molecular complexity index is 155. The van der Waals surface area contributed by atoms with Gasteiger partial charge in [0.1, 0.15) is 6.04 Å². The van der Waals surface area contributed by atoms with Crippen molar-refractivity contribution in [3.63, 3.8) is 0 Å². The maximum absolute atomic E-state index is 11.4. The molecule has 0 aromatic rings. The minimum absolute atomic E-state index is 0.140. The van der Waals surface area contributed by atoms with E-state index in [2.05, 4.69) is 19.2 Å². The van der Waals surface area contributed by atoms with E-state index in [1.165, 1.54) is 0 Å². The highest BCUT2D eigenvalue weighted by Gasteiger charge is 2.16. The Morgan fingerprint density at radius 2 is 1.86 bits per heavy atom. The molecule has 0 aliphatic carbocycles. The number of carbonyl (C=O) groups excluding carboxylic acids is 1. The zero-order valence-electron chi connectivity index (χ0n) is 9.80. The summed E-state index contributed by atoms with van der Waals surface area (Å²) >= 11 is 0. The first-order valence-corrected chi connectivity index (χ1v) is 5.58. The molecule has 0 rings (SSSR count). The van der Waals surface area contributed by atoms with Gasteiger partial charge >= 0.3 is 5.97 Å². The zero-order valence-corrected chi connectivity index (χ0v) is 9.80. The van der Waals surface area contributed by atoms with Crippen LogP contribution in [-0.4, -0.2) is 24.7 Å². The molecule has 0 bridgehead atoms. The summed E-state index contributed by atoms with van der Waals surface area (Å²) in [5, 5.41) is 3.25. The van der Waals surface area contributed by atoms with Crippen LogP contribution in [-0.2, 0) is 9.53 Å². The normalized spacial score (nSPS) is 12.9. The first-order chi connectivity index (χ1) is 6.65. The highest BCUT2D eigenvalue weighted by Crippen LogP contribution is 1.99. The second-order valence-electron chi connectivity index (χ2n) is 3.57. The van der Waals surface area contributed by atoms with Crippen LogP contribution in [0.2, 0.25) is 0 Å². The summed E-state index contributed by atoms with van der Waals surface area (Å²) in [6, 6.07) is 0.227. The van der Waals surface area contributed by atoms with Crippen molar-refractivity contribution in [2.24, 2.45) is 0 Å². The molecule has 0 heterocycles. The third-order valence-electron chi connectivity index (χ3n) is 2.27. The third kappa shape index (κ3) is 5.22. The summed E-state index contributed by atoms with van der Waals surface area (Å²) in [7, 11) is 0. The standard InChI is InChI=1S/C11H23NO2/c1-5-8-14-11(13)9(4)12-10(6-2)7-3/h9-10,12H,5-8H2,1-4H3. The topological polar surface area (TPSA) is 38.3 Å². The van der Waals surface area contributed by atoms with E-state index in [0.717, 1.165) is 19.3 Å². The number of hydrogen-bond acceptors (Lipinski definition) is 3. The van der Waals surface area contributed by atoms with Crippen LogP contribution in [0, 0.1) is 0 Å². The smallest absolute Gasteiger partial charge is 0.322 e. The van der Waals surface area contributed by atoms with E-state index < -0.39 is 0 Å². The van der Waals surface area contributed by atoms with E-state index in [1.807, 2.05) is 13.8 Å². The van der Waals surface area contributed by atoms with E-state index in [1.54, 1.807) is 0 Å². The van der Waals surface area contributed by atoms with Gasteiger partial charge in [-0.1, -0.05) is 20.8 Å². The molecule has 1 N–H and O–H groups in total. The van der Waals surface area contributed by atoms with E-state index >= 15 is 0 Å². The molecule has 0 spiro atoms. The largest absolute Gasteiger partial charge is 0.465 e. The lowest BCUT2D eigenvalue weighted by Gasteiger charge is -2.19. The van der Waals surface area contributed by atoms with Crippen molar-refractivity contribution in [3.05, 3.63) is 0 Å². The minimum atomic E-state index is -0.188. The monoisotopic (exact) mass is 201 g/mol. The van der Waals surface area contributed by atoms with E-state index in [-0.39, 0.29) is 12.0 Å². The molecular weight excluding hydrogens is 178 g/mol. The lowest BCUT2D eigenvalue weighted by molar-refractivity contribution is -0.145. The molecule has 84 valence electrons. The predicted molar refractivity (Wildman–Crippen MR) is 58.2 cm³/mol. The third-order valence-corrected chi connectivity index (χ3v) is 2.27. The molecule has 0 aliphatic rings. The molecule has 14 heavy (non-hydrogen) atoms. The van der Waals surface area contributed by atoms with Gasteiger partial charge in [-0.15, -0.1) is 0 Å². The maximum atomic E-state index is 11.4. The Balaban J connectivity index is 3.81. The van der Waals surface area contributed by atoms with Crippen molar-refractivity contribution < 1.29 is 9.53 Å². The van der Waals surface area contributed by atoms with Crippen molar-refractivity contribution in [3.8, 4) is 0 Å². The second-order valence-corrected chi connectivity index (χ2v) is 3.57. The van der Waals surface area contributed by atoms with Crippen molar-refractivity contribution in [2.45, 2.75) is 59.0 Å². The van der Waals surface area contributed by atoms with Gasteiger partial charge in [0.2, 0.25) is 0 Å². The van der Waals surface area contributed by atoms with Gasteiger partial charge in [0, 0.05) is 6.04 Å². The number of carbonyl (C=O) groups is 1. The highest BCUT2D eigenvalue weighted by atomic mass is 16.5. The molecule has 1 atom stereocenters. The van der Waals surface area contributed by atoms with Gasteiger partial charge in [-0.3, -0.25) is 4.79 Å². The van der Waals surface area contributed by atoms with Crippen molar-refractivity contribution in [1.82, 2.24) is 5.32 Å². The molecule has 0 amide bonds. The van der Waals surface area contributed by atoms with Crippen LogP contribution in [0.3, 0.4) is 0 Å². The average molecular weight is 201 g/mol. The first kappa shape index (κ1) is 13.4. The predicted octanol–water partition coefficient (Wildman–Crippen LogP) is 2.11. The zero-order chi connectivity index (χ0) is 11.0. The molecule has 0 radical (unpaired) electrons. The lowest BCUT2D eigenvalue weighted by atomic mass is 10.1. The van der Waals surface area contributed by atoms with E-state index in [9.17, 15) is 4.79 Å². The van der Waals surface area contributed by atoms with Gasteiger partial charge in [-0.2, -0.15) is 0 Å². The van der Waals surface area contributed by atoms with Gasteiger partial charge in [0.05, 0.1) is 6.61 Å². The SMILES string of the molecule is CCCOC(=O)C(C)NC(CC)CC. The number of nitrogens with one attached hydrogen (secondary N) is 1. The van der Waals surface area contributed by atoms with Crippen LogP contribution in [0.25, 0.3) is 0 Å². The van der Waals surface area contributed by atoms with Crippen LogP contribution >= 0.6 is 0 Å². The Kier molecular flexibility index (Phi) is 7.48. The summed E-state index contributed by atoms with van der Waals surface area (Å²) in [6.45, 7) is 8.60. The van der Waals surface area contributed by atoms with Crippen LogP contribution in [0.15, 0.2) is 0 Å². The quantitative estimate of drug-likeness (QED) is 0.641. The molecule has 0 aromatic heterocycles. The van der Waals surface area contributed by atoms with E-state index in [4.69, 9.17) is 4.74 Å². The van der Waals surface area contributed by atoms with Gasteiger partial charge < -0.3 is 10.1 Å². The number of hydrogen-bond donors (Lipinski definition) is 1. The number of rotatable bonds is 7. The maximum Gasteiger partial charge on any atom is 0.322 e. The molecule has 1 unspecified atom stereocenters. The van der Waals surface area contributed by atoms with Crippen molar-refractivity contribution >= 4 is 5.97 Å². The molecule has 0 saturated carbocycles. The first-order valence-electron chi connectivity index (χ1n) is 5.58. The highest BCUT2D eigenvalue weighted by molar-refractivity contribution is 5.75. The fraction of sp³-hybridized carbons (Fsp3) is 0.909. The van der Waals surface area contributed by atoms with Crippen LogP contribution < -0.4 is 5.32 Å². The molecular formula is C11H23NO2. The van der Waals surface area contributed by atoms with Gasteiger partial charge in [-0.25, -0.2) is 0 Å². The fourth-order valence-corrected chi connectivity index (χ4v) is 1.27. The second kappa shape index (κ2) is 7.80. The number of esters is 1. The molecule has 3 heteroatoms. The van der Waals surface area contributed by atoms with Gasteiger partial charge in [0.15, 0.2) is 0 Å². The molecule has 0 aliphatic heterocycles.